The van der Waals surface area contributed by atoms with Crippen LogP contribution in [0, 0.1) is 19.8 Å². The molecule has 1 heterocycles. The van der Waals surface area contributed by atoms with Crippen molar-refractivity contribution >= 4 is 46.4 Å². The highest BCUT2D eigenvalue weighted by Crippen LogP contribution is 2.31. The van der Waals surface area contributed by atoms with Crippen LogP contribution in [0.25, 0.3) is 0 Å². The van der Waals surface area contributed by atoms with Gasteiger partial charge in [0.15, 0.2) is 0 Å². The number of benzene rings is 2. The molecule has 1 N–H and O–H groups in total. The third kappa shape index (κ3) is 3.80. The van der Waals surface area contributed by atoms with Gasteiger partial charge in [-0.2, -0.15) is 0 Å². The molecular formula is C19H18Cl2N2O2. The number of halogens is 2. The maximum atomic E-state index is 12.5. The van der Waals surface area contributed by atoms with Gasteiger partial charge in [0, 0.05) is 23.7 Å². The zero-order valence-corrected chi connectivity index (χ0v) is 15.5. The van der Waals surface area contributed by atoms with Crippen LogP contribution in [0.4, 0.5) is 11.4 Å². The Morgan fingerprint density at radius 1 is 1.16 bits per heavy atom. The summed E-state index contributed by atoms with van der Waals surface area (Å²) in [6.45, 7) is 4.30. The molecule has 0 saturated carbocycles. The summed E-state index contributed by atoms with van der Waals surface area (Å²) < 4.78 is 0. The van der Waals surface area contributed by atoms with E-state index < -0.39 is 5.92 Å². The lowest BCUT2D eigenvalue weighted by Crippen LogP contribution is -2.28. The highest BCUT2D eigenvalue weighted by atomic mass is 35.5. The summed E-state index contributed by atoms with van der Waals surface area (Å²) in [6, 6.07) is 10.8. The number of hydrogen-bond acceptors (Lipinski definition) is 2. The van der Waals surface area contributed by atoms with Crippen LogP contribution in [-0.2, 0) is 9.59 Å². The average Bonchev–Trinajstić information content (AvgIpc) is 2.94. The number of carbonyl (C=O) groups is 2. The van der Waals surface area contributed by atoms with Gasteiger partial charge in [0.05, 0.1) is 16.6 Å². The highest BCUT2D eigenvalue weighted by Gasteiger charge is 2.35. The van der Waals surface area contributed by atoms with Gasteiger partial charge in [-0.1, -0.05) is 35.3 Å². The summed E-state index contributed by atoms with van der Waals surface area (Å²) >= 11 is 12.0. The molecular weight excluding hydrogens is 359 g/mol. The van der Waals surface area contributed by atoms with E-state index in [1.54, 1.807) is 23.1 Å². The van der Waals surface area contributed by atoms with Crippen molar-refractivity contribution in [2.75, 3.05) is 16.8 Å². The summed E-state index contributed by atoms with van der Waals surface area (Å²) in [5.41, 5.74) is 3.45. The normalized spacial score (nSPS) is 17.0. The monoisotopic (exact) mass is 376 g/mol. The molecule has 2 aromatic rings. The van der Waals surface area contributed by atoms with E-state index in [4.69, 9.17) is 23.2 Å². The molecule has 4 nitrogen and oxygen atoms in total. The van der Waals surface area contributed by atoms with Crippen LogP contribution in [-0.4, -0.2) is 18.4 Å². The predicted octanol–water partition coefficient (Wildman–Crippen LogP) is 4.60. The van der Waals surface area contributed by atoms with E-state index in [0.717, 1.165) is 16.8 Å². The number of nitrogens with zero attached hydrogens (tertiary/aromatic N) is 1. The topological polar surface area (TPSA) is 49.4 Å². The Balaban J connectivity index is 1.75. The van der Waals surface area contributed by atoms with Crippen LogP contribution < -0.4 is 10.2 Å². The fourth-order valence-corrected chi connectivity index (χ4v) is 3.41. The first kappa shape index (κ1) is 17.8. The molecule has 1 aliphatic heterocycles. The van der Waals surface area contributed by atoms with Crippen LogP contribution in [0.3, 0.4) is 0 Å². The van der Waals surface area contributed by atoms with Crippen molar-refractivity contribution in [2.24, 2.45) is 5.92 Å². The standard InChI is InChI=1S/C19H18Cl2N2O2/c1-11-3-4-12(2)17(7-11)23-10-13(8-18(23)24)19(25)22-16-6-5-14(20)9-15(16)21/h3-7,9,13H,8,10H2,1-2H3,(H,22,25). The SMILES string of the molecule is Cc1ccc(C)c(N2CC(C(=O)Nc3ccc(Cl)cc3Cl)CC2=O)c1. The van der Waals surface area contributed by atoms with Crippen molar-refractivity contribution in [3.8, 4) is 0 Å². The second kappa shape index (κ2) is 7.06. The summed E-state index contributed by atoms with van der Waals surface area (Å²) in [5, 5.41) is 3.66. The molecule has 0 aliphatic carbocycles. The molecule has 0 spiro atoms. The van der Waals surface area contributed by atoms with Gasteiger partial charge in [0.1, 0.15) is 0 Å². The summed E-state index contributed by atoms with van der Waals surface area (Å²) in [7, 11) is 0. The lowest BCUT2D eigenvalue weighted by molar-refractivity contribution is -0.122. The van der Waals surface area contributed by atoms with E-state index in [1.807, 2.05) is 32.0 Å². The van der Waals surface area contributed by atoms with Crippen LogP contribution in [0.2, 0.25) is 10.0 Å². The van der Waals surface area contributed by atoms with Gasteiger partial charge in [-0.3, -0.25) is 9.59 Å². The minimum Gasteiger partial charge on any atom is -0.324 e. The molecule has 0 radical (unpaired) electrons. The molecule has 1 fully saturated rings. The van der Waals surface area contributed by atoms with E-state index in [-0.39, 0.29) is 18.2 Å². The fraction of sp³-hybridized carbons (Fsp3) is 0.263. The molecule has 6 heteroatoms. The number of rotatable bonds is 3. The van der Waals surface area contributed by atoms with E-state index in [1.165, 1.54) is 0 Å². The Morgan fingerprint density at radius 3 is 2.64 bits per heavy atom. The van der Waals surface area contributed by atoms with Gasteiger partial charge in [-0.25, -0.2) is 0 Å². The third-order valence-corrected chi connectivity index (χ3v) is 4.89. The van der Waals surface area contributed by atoms with E-state index in [9.17, 15) is 9.59 Å². The Bertz CT molecular complexity index is 851. The highest BCUT2D eigenvalue weighted by molar-refractivity contribution is 6.36. The molecule has 1 unspecified atom stereocenters. The summed E-state index contributed by atoms with van der Waals surface area (Å²) in [4.78, 5) is 26.7. The van der Waals surface area contributed by atoms with Crippen LogP contribution in [0.5, 0.6) is 0 Å². The zero-order chi connectivity index (χ0) is 18.1. The second-order valence-electron chi connectivity index (χ2n) is 6.31. The van der Waals surface area contributed by atoms with Gasteiger partial charge in [-0.05, 0) is 49.2 Å². The molecule has 1 aliphatic rings. The number of hydrogen-bond donors (Lipinski definition) is 1. The maximum Gasteiger partial charge on any atom is 0.229 e. The average molecular weight is 377 g/mol. The Kier molecular flexibility index (Phi) is 5.02. The predicted molar refractivity (Wildman–Crippen MR) is 101 cm³/mol. The Labute approximate surface area is 156 Å². The second-order valence-corrected chi connectivity index (χ2v) is 7.15. The lowest BCUT2D eigenvalue weighted by Gasteiger charge is -2.19. The number of nitrogens with one attached hydrogen (secondary N) is 1. The molecule has 1 atom stereocenters. The number of amides is 2. The van der Waals surface area contributed by atoms with Crippen molar-refractivity contribution in [3.05, 3.63) is 57.6 Å². The fourth-order valence-electron chi connectivity index (χ4n) is 2.95. The van der Waals surface area contributed by atoms with Gasteiger partial charge in [0.25, 0.3) is 0 Å². The van der Waals surface area contributed by atoms with Crippen LogP contribution in [0.1, 0.15) is 17.5 Å². The number of aryl methyl sites for hydroxylation is 2. The smallest absolute Gasteiger partial charge is 0.229 e. The van der Waals surface area contributed by atoms with Crippen molar-refractivity contribution in [3.63, 3.8) is 0 Å². The van der Waals surface area contributed by atoms with Gasteiger partial charge < -0.3 is 10.2 Å². The zero-order valence-electron chi connectivity index (χ0n) is 14.0. The molecule has 2 amide bonds. The Morgan fingerprint density at radius 2 is 1.92 bits per heavy atom. The van der Waals surface area contributed by atoms with Gasteiger partial charge in [-0.15, -0.1) is 0 Å². The molecule has 0 aromatic heterocycles. The summed E-state index contributed by atoms with van der Waals surface area (Å²) in [5.74, 6) is -0.680. The lowest BCUT2D eigenvalue weighted by atomic mass is 10.1. The first-order valence-electron chi connectivity index (χ1n) is 7.98. The maximum absolute atomic E-state index is 12.5. The molecule has 2 aromatic carbocycles. The van der Waals surface area contributed by atoms with Crippen LogP contribution in [0.15, 0.2) is 36.4 Å². The van der Waals surface area contributed by atoms with Crippen molar-refractivity contribution in [1.82, 2.24) is 0 Å². The molecule has 3 rings (SSSR count). The first-order valence-corrected chi connectivity index (χ1v) is 8.74. The minimum absolute atomic E-state index is 0.0453. The summed E-state index contributed by atoms with van der Waals surface area (Å²) in [6.07, 6.45) is 0.185. The van der Waals surface area contributed by atoms with E-state index in [0.29, 0.717) is 22.3 Å². The van der Waals surface area contributed by atoms with Crippen molar-refractivity contribution < 1.29 is 9.59 Å². The minimum atomic E-state index is -0.417. The Hall–Kier alpha value is -2.04. The third-order valence-electron chi connectivity index (χ3n) is 4.34. The van der Waals surface area contributed by atoms with Crippen molar-refractivity contribution in [1.29, 1.82) is 0 Å². The van der Waals surface area contributed by atoms with Gasteiger partial charge in [0.2, 0.25) is 11.8 Å². The quantitative estimate of drug-likeness (QED) is 0.850. The van der Waals surface area contributed by atoms with Crippen LogP contribution >= 0.6 is 23.2 Å². The molecule has 0 bridgehead atoms. The van der Waals surface area contributed by atoms with Crippen molar-refractivity contribution in [2.45, 2.75) is 20.3 Å². The molecule has 1 saturated heterocycles. The number of carbonyl (C=O) groups excluding carboxylic acids is 2. The van der Waals surface area contributed by atoms with Gasteiger partial charge >= 0.3 is 0 Å². The van der Waals surface area contributed by atoms with E-state index in [2.05, 4.69) is 5.32 Å². The van der Waals surface area contributed by atoms with E-state index >= 15 is 0 Å². The first-order chi connectivity index (χ1) is 11.8. The number of anilines is 2. The largest absolute Gasteiger partial charge is 0.324 e. The molecule has 130 valence electrons. The molecule has 25 heavy (non-hydrogen) atoms.